The van der Waals surface area contributed by atoms with Crippen molar-refractivity contribution in [2.75, 3.05) is 19.3 Å². The van der Waals surface area contributed by atoms with Gasteiger partial charge < -0.3 is 15.2 Å². The Labute approximate surface area is 157 Å². The van der Waals surface area contributed by atoms with Gasteiger partial charge in [-0.15, -0.1) is 0 Å². The summed E-state index contributed by atoms with van der Waals surface area (Å²) in [7, 11) is 0. The Kier molecular flexibility index (Phi) is 7.13. The number of hydrogen-bond donors (Lipinski definition) is 2. The number of halogens is 1. The van der Waals surface area contributed by atoms with Gasteiger partial charge in [-0.2, -0.15) is 16.7 Å². The molecule has 6 nitrogen and oxygen atoms in total. The minimum atomic E-state index is 0.125. The smallest absolute Gasteiger partial charge is 0.248 e. The molecule has 0 bridgehead atoms. The van der Waals surface area contributed by atoms with Crippen molar-refractivity contribution in [3.63, 3.8) is 0 Å². The second-order valence-electron chi connectivity index (χ2n) is 6.03. The molecule has 0 unspecified atom stereocenters. The van der Waals surface area contributed by atoms with E-state index in [0.717, 1.165) is 24.6 Å². The SMILES string of the molecule is CCNC(=NCc1nc(-c2cccc(Cl)c2)no1)NCC(C)(C)SC. The summed E-state index contributed by atoms with van der Waals surface area (Å²) in [6.45, 7) is 8.29. The van der Waals surface area contributed by atoms with Crippen molar-refractivity contribution >= 4 is 29.3 Å². The summed E-state index contributed by atoms with van der Waals surface area (Å²) in [4.78, 5) is 8.88. The standard InChI is InChI=1S/C17H24ClN5OS/c1-5-19-16(21-11-17(2,3)25-4)20-10-14-22-15(23-24-14)12-7-6-8-13(18)9-12/h6-9H,5,10-11H2,1-4H3,(H2,19,20,21). The molecular weight excluding hydrogens is 358 g/mol. The van der Waals surface area contributed by atoms with Gasteiger partial charge in [0.1, 0.15) is 6.54 Å². The lowest BCUT2D eigenvalue weighted by atomic mass is 10.2. The molecular formula is C17H24ClN5OS. The summed E-state index contributed by atoms with van der Waals surface area (Å²) in [5, 5.41) is 11.2. The normalized spacial score (nSPS) is 12.3. The first kappa shape index (κ1) is 19.6. The number of nitrogens with zero attached hydrogens (tertiary/aromatic N) is 3. The van der Waals surface area contributed by atoms with Gasteiger partial charge in [-0.1, -0.05) is 28.9 Å². The maximum atomic E-state index is 6.00. The van der Waals surface area contributed by atoms with E-state index < -0.39 is 0 Å². The highest BCUT2D eigenvalue weighted by molar-refractivity contribution is 7.99. The van der Waals surface area contributed by atoms with E-state index in [-0.39, 0.29) is 4.75 Å². The van der Waals surface area contributed by atoms with Crippen LogP contribution in [-0.4, -0.2) is 40.2 Å². The first-order valence-electron chi connectivity index (χ1n) is 8.09. The fourth-order valence-corrected chi connectivity index (χ4v) is 2.33. The van der Waals surface area contributed by atoms with Crippen molar-refractivity contribution in [1.29, 1.82) is 0 Å². The van der Waals surface area contributed by atoms with E-state index >= 15 is 0 Å². The number of guanidine groups is 1. The zero-order valence-corrected chi connectivity index (χ0v) is 16.5. The maximum Gasteiger partial charge on any atom is 0.248 e. The fraction of sp³-hybridized carbons (Fsp3) is 0.471. The molecule has 1 heterocycles. The molecule has 0 saturated heterocycles. The minimum absolute atomic E-state index is 0.125. The largest absolute Gasteiger partial charge is 0.357 e. The summed E-state index contributed by atoms with van der Waals surface area (Å²) in [5.74, 6) is 1.69. The van der Waals surface area contributed by atoms with Gasteiger partial charge in [0, 0.05) is 28.4 Å². The predicted octanol–water partition coefficient (Wildman–Crippen LogP) is 3.59. The average Bonchev–Trinajstić information content (AvgIpc) is 3.06. The fourth-order valence-electron chi connectivity index (χ4n) is 1.92. The van der Waals surface area contributed by atoms with E-state index in [2.05, 4.69) is 45.9 Å². The second-order valence-corrected chi connectivity index (χ2v) is 7.98. The summed E-state index contributed by atoms with van der Waals surface area (Å²) in [5.41, 5.74) is 0.818. The lowest BCUT2D eigenvalue weighted by molar-refractivity contribution is 0.380. The van der Waals surface area contributed by atoms with Crippen molar-refractivity contribution < 1.29 is 4.52 Å². The van der Waals surface area contributed by atoms with Crippen LogP contribution in [0.2, 0.25) is 5.02 Å². The van der Waals surface area contributed by atoms with Crippen LogP contribution in [0.15, 0.2) is 33.8 Å². The molecule has 2 rings (SSSR count). The monoisotopic (exact) mass is 381 g/mol. The van der Waals surface area contributed by atoms with E-state index in [1.54, 1.807) is 23.9 Å². The first-order chi connectivity index (χ1) is 11.9. The molecule has 1 aromatic carbocycles. The third kappa shape index (κ3) is 6.25. The van der Waals surface area contributed by atoms with Crippen LogP contribution < -0.4 is 10.6 Å². The molecule has 0 aliphatic carbocycles. The molecule has 0 amide bonds. The van der Waals surface area contributed by atoms with Crippen molar-refractivity contribution in [3.05, 3.63) is 35.2 Å². The van der Waals surface area contributed by atoms with Gasteiger partial charge in [0.2, 0.25) is 11.7 Å². The van der Waals surface area contributed by atoms with Gasteiger partial charge in [0.05, 0.1) is 0 Å². The number of aliphatic imine (C=N–C) groups is 1. The Bertz CT molecular complexity index is 717. The molecule has 0 aliphatic rings. The highest BCUT2D eigenvalue weighted by Crippen LogP contribution is 2.20. The van der Waals surface area contributed by atoms with E-state index in [9.17, 15) is 0 Å². The molecule has 0 saturated carbocycles. The van der Waals surface area contributed by atoms with Gasteiger partial charge in [-0.25, -0.2) is 4.99 Å². The van der Waals surface area contributed by atoms with Crippen LogP contribution in [0.3, 0.4) is 0 Å². The van der Waals surface area contributed by atoms with Crippen LogP contribution in [0.4, 0.5) is 0 Å². The molecule has 2 N–H and O–H groups in total. The topological polar surface area (TPSA) is 75.3 Å². The zero-order valence-electron chi connectivity index (χ0n) is 15.0. The second kappa shape index (κ2) is 9.10. The summed E-state index contributed by atoms with van der Waals surface area (Å²) in [6, 6.07) is 7.35. The van der Waals surface area contributed by atoms with Crippen LogP contribution in [0, 0.1) is 0 Å². The average molecular weight is 382 g/mol. The van der Waals surface area contributed by atoms with Crippen LogP contribution in [0.25, 0.3) is 11.4 Å². The molecule has 2 aromatic rings. The third-order valence-corrected chi connectivity index (χ3v) is 4.99. The lowest BCUT2D eigenvalue weighted by Crippen LogP contribution is -2.43. The van der Waals surface area contributed by atoms with E-state index in [4.69, 9.17) is 16.1 Å². The number of aromatic nitrogens is 2. The molecule has 0 spiro atoms. The Morgan fingerprint density at radius 1 is 1.36 bits per heavy atom. The lowest BCUT2D eigenvalue weighted by Gasteiger charge is -2.23. The van der Waals surface area contributed by atoms with Crippen molar-refractivity contribution in [3.8, 4) is 11.4 Å². The van der Waals surface area contributed by atoms with Crippen LogP contribution in [0.5, 0.6) is 0 Å². The Balaban J connectivity index is 2.03. The van der Waals surface area contributed by atoms with Gasteiger partial charge in [0.15, 0.2) is 5.96 Å². The molecule has 0 fully saturated rings. The van der Waals surface area contributed by atoms with Gasteiger partial charge in [-0.05, 0) is 39.2 Å². The van der Waals surface area contributed by atoms with Gasteiger partial charge >= 0.3 is 0 Å². The molecule has 1 aromatic heterocycles. The minimum Gasteiger partial charge on any atom is -0.357 e. The van der Waals surface area contributed by atoms with Crippen LogP contribution >= 0.6 is 23.4 Å². The number of nitrogens with one attached hydrogen (secondary N) is 2. The highest BCUT2D eigenvalue weighted by atomic mass is 35.5. The number of rotatable bonds is 7. The predicted molar refractivity (Wildman–Crippen MR) is 105 cm³/mol. The van der Waals surface area contributed by atoms with Crippen molar-refractivity contribution in [1.82, 2.24) is 20.8 Å². The van der Waals surface area contributed by atoms with E-state index in [1.165, 1.54) is 0 Å². The first-order valence-corrected chi connectivity index (χ1v) is 9.69. The number of benzene rings is 1. The van der Waals surface area contributed by atoms with Crippen LogP contribution in [-0.2, 0) is 6.54 Å². The summed E-state index contributed by atoms with van der Waals surface area (Å²) in [6.07, 6.45) is 2.10. The summed E-state index contributed by atoms with van der Waals surface area (Å²) < 4.78 is 5.41. The molecule has 0 atom stereocenters. The van der Waals surface area contributed by atoms with Crippen molar-refractivity contribution in [2.24, 2.45) is 4.99 Å². The third-order valence-electron chi connectivity index (χ3n) is 3.50. The van der Waals surface area contributed by atoms with Crippen molar-refractivity contribution in [2.45, 2.75) is 32.1 Å². The van der Waals surface area contributed by atoms with Gasteiger partial charge in [0.25, 0.3) is 0 Å². The Hall–Kier alpha value is -1.73. The molecule has 0 radical (unpaired) electrons. The van der Waals surface area contributed by atoms with E-state index in [0.29, 0.717) is 23.3 Å². The Morgan fingerprint density at radius 3 is 2.84 bits per heavy atom. The molecule has 8 heteroatoms. The molecule has 136 valence electrons. The zero-order chi connectivity index (χ0) is 18.3. The molecule has 0 aliphatic heterocycles. The quantitative estimate of drug-likeness (QED) is 0.564. The van der Waals surface area contributed by atoms with Gasteiger partial charge in [-0.3, -0.25) is 0 Å². The number of hydrogen-bond acceptors (Lipinski definition) is 5. The Morgan fingerprint density at radius 2 is 2.16 bits per heavy atom. The highest BCUT2D eigenvalue weighted by Gasteiger charge is 2.16. The van der Waals surface area contributed by atoms with E-state index in [1.807, 2.05) is 19.1 Å². The maximum absolute atomic E-state index is 6.00. The van der Waals surface area contributed by atoms with Crippen LogP contribution in [0.1, 0.15) is 26.7 Å². The molecule has 25 heavy (non-hydrogen) atoms. The summed E-state index contributed by atoms with van der Waals surface area (Å²) >= 11 is 7.80. The number of thioether (sulfide) groups is 1.